The molecular weight excluding hydrogens is 250 g/mol. The van der Waals surface area contributed by atoms with Crippen molar-refractivity contribution in [2.45, 2.75) is 30.2 Å². The fraction of sp³-hybridized carbons (Fsp3) is 0.583. The Morgan fingerprint density at radius 1 is 1.56 bits per heavy atom. The smallest absolute Gasteiger partial charge is 0.179 e. The van der Waals surface area contributed by atoms with Crippen molar-refractivity contribution in [1.29, 1.82) is 0 Å². The van der Waals surface area contributed by atoms with Gasteiger partial charge >= 0.3 is 0 Å². The molecule has 3 N–H and O–H groups in total. The van der Waals surface area contributed by atoms with Crippen molar-refractivity contribution >= 4 is 15.7 Å². The number of nitrogens with zero attached hydrogens (tertiary/aromatic N) is 1. The van der Waals surface area contributed by atoms with Crippen molar-refractivity contribution in [3.05, 3.63) is 18.3 Å². The lowest BCUT2D eigenvalue weighted by atomic mass is 9.96. The average molecular weight is 269 g/mol. The zero-order valence-corrected chi connectivity index (χ0v) is 11.5. The van der Waals surface area contributed by atoms with Gasteiger partial charge in [-0.25, -0.2) is 13.4 Å². The molecule has 1 aromatic heterocycles. The van der Waals surface area contributed by atoms with Gasteiger partial charge in [0.2, 0.25) is 0 Å². The standard InChI is InChI=1S/C12H19N3O2S/c1-12(8-13,9-5-6-9)15-11-10(18(2,16)17)4-3-7-14-11/h3-4,7,9H,5-6,8,13H2,1-2H3,(H,14,15). The highest BCUT2D eigenvalue weighted by molar-refractivity contribution is 7.90. The largest absolute Gasteiger partial charge is 0.362 e. The molecule has 1 saturated carbocycles. The quantitative estimate of drug-likeness (QED) is 0.833. The van der Waals surface area contributed by atoms with Crippen LogP contribution in [0.15, 0.2) is 23.2 Å². The highest BCUT2D eigenvalue weighted by Gasteiger charge is 2.41. The minimum Gasteiger partial charge on any atom is -0.362 e. The van der Waals surface area contributed by atoms with E-state index in [0.717, 1.165) is 12.8 Å². The average Bonchev–Trinajstić information content (AvgIpc) is 3.12. The van der Waals surface area contributed by atoms with Gasteiger partial charge in [0.15, 0.2) is 9.84 Å². The van der Waals surface area contributed by atoms with E-state index in [1.807, 2.05) is 6.92 Å². The van der Waals surface area contributed by atoms with Gasteiger partial charge in [-0.3, -0.25) is 0 Å². The minimum absolute atomic E-state index is 0.227. The summed E-state index contributed by atoms with van der Waals surface area (Å²) in [5.74, 6) is 0.900. The molecule has 1 atom stereocenters. The summed E-state index contributed by atoms with van der Waals surface area (Å²) in [7, 11) is -3.29. The maximum absolute atomic E-state index is 11.7. The van der Waals surface area contributed by atoms with E-state index < -0.39 is 9.84 Å². The highest BCUT2D eigenvalue weighted by Crippen LogP contribution is 2.41. The van der Waals surface area contributed by atoms with Gasteiger partial charge in [0.1, 0.15) is 10.7 Å². The first kappa shape index (κ1) is 13.3. The summed E-state index contributed by atoms with van der Waals surface area (Å²) in [4.78, 5) is 4.37. The van der Waals surface area contributed by atoms with Crippen molar-refractivity contribution in [3.8, 4) is 0 Å². The summed E-state index contributed by atoms with van der Waals surface area (Å²) in [6.45, 7) is 2.48. The first-order valence-electron chi connectivity index (χ1n) is 6.00. The van der Waals surface area contributed by atoms with Crippen LogP contribution >= 0.6 is 0 Å². The second-order valence-electron chi connectivity index (χ2n) is 5.14. The van der Waals surface area contributed by atoms with Gasteiger partial charge in [0.05, 0.1) is 5.54 Å². The lowest BCUT2D eigenvalue weighted by molar-refractivity contribution is 0.456. The molecule has 1 unspecified atom stereocenters. The van der Waals surface area contributed by atoms with E-state index in [4.69, 9.17) is 5.73 Å². The predicted octanol–water partition coefficient (Wildman–Crippen LogP) is 1.02. The van der Waals surface area contributed by atoms with Gasteiger partial charge in [-0.2, -0.15) is 0 Å². The monoisotopic (exact) mass is 269 g/mol. The normalized spacial score (nSPS) is 19.3. The minimum atomic E-state index is -3.29. The second kappa shape index (κ2) is 4.51. The number of anilines is 1. The SMILES string of the molecule is CC(CN)(Nc1ncccc1S(C)(=O)=O)C1CC1. The third-order valence-corrected chi connectivity index (χ3v) is 4.60. The Morgan fingerprint density at radius 3 is 2.72 bits per heavy atom. The van der Waals surface area contributed by atoms with Crippen molar-refractivity contribution in [1.82, 2.24) is 4.98 Å². The topological polar surface area (TPSA) is 85.1 Å². The summed E-state index contributed by atoms with van der Waals surface area (Å²) in [6.07, 6.45) is 5.02. The van der Waals surface area contributed by atoms with Crippen LogP contribution in [0.3, 0.4) is 0 Å². The van der Waals surface area contributed by atoms with Crippen LogP contribution in [0.25, 0.3) is 0 Å². The van der Waals surface area contributed by atoms with Crippen molar-refractivity contribution in [2.24, 2.45) is 11.7 Å². The molecule has 0 bridgehead atoms. The lowest BCUT2D eigenvalue weighted by Gasteiger charge is -2.30. The van der Waals surface area contributed by atoms with Crippen LogP contribution in [-0.4, -0.2) is 31.7 Å². The number of sulfone groups is 1. The molecule has 6 heteroatoms. The van der Waals surface area contributed by atoms with E-state index in [2.05, 4.69) is 10.3 Å². The van der Waals surface area contributed by atoms with Gasteiger partial charge in [0, 0.05) is 19.0 Å². The Morgan fingerprint density at radius 2 is 2.22 bits per heavy atom. The van der Waals surface area contributed by atoms with Crippen LogP contribution in [0.4, 0.5) is 5.82 Å². The zero-order chi connectivity index (χ0) is 13.4. The fourth-order valence-electron chi connectivity index (χ4n) is 2.09. The van der Waals surface area contributed by atoms with Gasteiger partial charge in [-0.15, -0.1) is 0 Å². The molecule has 0 radical (unpaired) electrons. The van der Waals surface area contributed by atoms with E-state index in [-0.39, 0.29) is 10.4 Å². The van der Waals surface area contributed by atoms with Gasteiger partial charge in [-0.1, -0.05) is 0 Å². The molecule has 1 fully saturated rings. The van der Waals surface area contributed by atoms with E-state index in [0.29, 0.717) is 18.3 Å². The van der Waals surface area contributed by atoms with Crippen LogP contribution in [0.5, 0.6) is 0 Å². The molecular formula is C12H19N3O2S. The number of hydrogen-bond donors (Lipinski definition) is 2. The van der Waals surface area contributed by atoms with E-state index in [9.17, 15) is 8.42 Å². The van der Waals surface area contributed by atoms with Crippen molar-refractivity contribution in [3.63, 3.8) is 0 Å². The Kier molecular flexibility index (Phi) is 3.33. The molecule has 0 spiro atoms. The van der Waals surface area contributed by atoms with Crippen LogP contribution in [-0.2, 0) is 9.84 Å². The summed E-state index contributed by atoms with van der Waals surface area (Å²) in [6, 6.07) is 3.19. The lowest BCUT2D eigenvalue weighted by Crippen LogP contribution is -2.45. The molecule has 0 aliphatic heterocycles. The molecule has 1 aliphatic carbocycles. The van der Waals surface area contributed by atoms with Crippen LogP contribution in [0.1, 0.15) is 19.8 Å². The summed E-state index contributed by atoms with van der Waals surface area (Å²) >= 11 is 0. The first-order chi connectivity index (χ1) is 8.37. The molecule has 2 rings (SSSR count). The Labute approximate surface area is 108 Å². The molecule has 0 saturated heterocycles. The van der Waals surface area contributed by atoms with E-state index in [1.54, 1.807) is 18.3 Å². The summed E-state index contributed by atoms with van der Waals surface area (Å²) in [5.41, 5.74) is 5.53. The number of nitrogens with one attached hydrogen (secondary N) is 1. The second-order valence-corrected chi connectivity index (χ2v) is 7.13. The van der Waals surface area contributed by atoms with Crippen molar-refractivity contribution in [2.75, 3.05) is 18.1 Å². The van der Waals surface area contributed by atoms with E-state index in [1.165, 1.54) is 6.26 Å². The summed E-state index contributed by atoms with van der Waals surface area (Å²) < 4.78 is 23.4. The molecule has 1 heterocycles. The maximum Gasteiger partial charge on any atom is 0.179 e. The van der Waals surface area contributed by atoms with E-state index >= 15 is 0 Å². The molecule has 1 aliphatic rings. The maximum atomic E-state index is 11.7. The Bertz CT molecular complexity index is 540. The van der Waals surface area contributed by atoms with Gasteiger partial charge in [0.25, 0.3) is 0 Å². The molecule has 5 nitrogen and oxygen atoms in total. The molecule has 0 amide bonds. The Hall–Kier alpha value is -1.14. The fourth-order valence-corrected chi connectivity index (χ4v) is 2.88. The third-order valence-electron chi connectivity index (χ3n) is 3.48. The van der Waals surface area contributed by atoms with Gasteiger partial charge in [-0.05, 0) is 37.8 Å². The molecule has 1 aromatic rings. The van der Waals surface area contributed by atoms with Crippen LogP contribution in [0, 0.1) is 5.92 Å². The molecule has 18 heavy (non-hydrogen) atoms. The number of pyridine rings is 1. The number of hydrogen-bond acceptors (Lipinski definition) is 5. The highest BCUT2D eigenvalue weighted by atomic mass is 32.2. The van der Waals surface area contributed by atoms with Crippen LogP contribution in [0.2, 0.25) is 0 Å². The molecule has 100 valence electrons. The first-order valence-corrected chi connectivity index (χ1v) is 7.89. The number of rotatable bonds is 5. The zero-order valence-electron chi connectivity index (χ0n) is 10.7. The number of aromatic nitrogens is 1. The van der Waals surface area contributed by atoms with Crippen LogP contribution < -0.4 is 11.1 Å². The third kappa shape index (κ3) is 2.64. The molecule has 0 aromatic carbocycles. The van der Waals surface area contributed by atoms with Gasteiger partial charge < -0.3 is 11.1 Å². The summed E-state index contributed by atoms with van der Waals surface area (Å²) in [5, 5.41) is 3.23. The number of nitrogens with two attached hydrogens (primary N) is 1. The Balaban J connectivity index is 2.34. The predicted molar refractivity (Wildman–Crippen MR) is 71.2 cm³/mol. The van der Waals surface area contributed by atoms with Crippen molar-refractivity contribution < 1.29 is 8.42 Å².